The fourth-order valence-electron chi connectivity index (χ4n) is 5.29. The number of hydrogen-bond donors (Lipinski definition) is 3. The second-order valence-corrected chi connectivity index (χ2v) is 14.1. The van der Waals surface area contributed by atoms with Gasteiger partial charge in [-0.25, -0.2) is 0 Å². The highest BCUT2D eigenvalue weighted by molar-refractivity contribution is 8.00. The van der Waals surface area contributed by atoms with Crippen molar-refractivity contribution in [1.29, 1.82) is 5.26 Å². The lowest BCUT2D eigenvalue weighted by molar-refractivity contribution is -0.116. The minimum Gasteiger partial charge on any atom is -0.321 e. The number of carbonyl (C=O) groups is 3. The summed E-state index contributed by atoms with van der Waals surface area (Å²) in [5, 5.41) is 20.6. The maximum atomic E-state index is 13.9. The number of carbonyl (C=O) groups excluding carboxylic acids is 3. The van der Waals surface area contributed by atoms with Crippen LogP contribution in [0.1, 0.15) is 54.9 Å². The summed E-state index contributed by atoms with van der Waals surface area (Å²) in [7, 11) is 0. The first-order valence-corrected chi connectivity index (χ1v) is 17.7. The van der Waals surface area contributed by atoms with E-state index < -0.39 is 17.1 Å². The Kier molecular flexibility index (Phi) is 10.3. The molecule has 0 aliphatic heterocycles. The van der Waals surface area contributed by atoms with Crippen molar-refractivity contribution in [3.63, 3.8) is 0 Å². The molecule has 10 heteroatoms. The number of amides is 3. The van der Waals surface area contributed by atoms with Gasteiger partial charge in [-0.3, -0.25) is 14.4 Å². The van der Waals surface area contributed by atoms with E-state index in [4.69, 9.17) is 0 Å². The summed E-state index contributed by atoms with van der Waals surface area (Å²) in [5.74, 6) is -1.10. The van der Waals surface area contributed by atoms with E-state index in [1.165, 1.54) is 39.3 Å². The molecule has 3 aromatic carbocycles. The number of aryl methyl sites for hydroxylation is 1. The first-order valence-electron chi connectivity index (χ1n) is 15.1. The molecule has 0 radical (unpaired) electrons. The smallest absolute Gasteiger partial charge is 0.272 e. The van der Waals surface area contributed by atoms with Crippen LogP contribution in [0.15, 0.2) is 113 Å². The molecule has 1 aliphatic rings. The molecule has 3 N–H and O–H groups in total. The van der Waals surface area contributed by atoms with Gasteiger partial charge in [0.1, 0.15) is 22.0 Å². The molecule has 0 spiro atoms. The van der Waals surface area contributed by atoms with Gasteiger partial charge in [0, 0.05) is 25.9 Å². The van der Waals surface area contributed by atoms with Gasteiger partial charge in [0.2, 0.25) is 5.91 Å². The number of nitrogens with zero attached hydrogens (tertiary/aromatic N) is 1. The Bertz CT molecular complexity index is 1960. The Morgan fingerprint density at radius 3 is 2.38 bits per heavy atom. The summed E-state index contributed by atoms with van der Waals surface area (Å²) in [6.45, 7) is 0. The largest absolute Gasteiger partial charge is 0.321 e. The van der Waals surface area contributed by atoms with Gasteiger partial charge in [-0.05, 0) is 84.7 Å². The van der Waals surface area contributed by atoms with Gasteiger partial charge in [0.25, 0.3) is 11.8 Å². The predicted octanol–water partition coefficient (Wildman–Crippen LogP) is 8.44. The molecule has 1 aliphatic carbocycles. The predicted molar refractivity (Wildman–Crippen MR) is 191 cm³/mol. The average molecular weight is 675 g/mol. The van der Waals surface area contributed by atoms with Gasteiger partial charge in [-0.2, -0.15) is 5.26 Å². The second-order valence-electron chi connectivity index (χ2n) is 10.8. The first kappa shape index (κ1) is 32.0. The van der Waals surface area contributed by atoms with Crippen molar-refractivity contribution in [1.82, 2.24) is 5.32 Å². The minimum absolute atomic E-state index is 0.104. The average Bonchev–Trinajstić information content (AvgIpc) is 3.75. The van der Waals surface area contributed by atoms with Crippen molar-refractivity contribution >= 4 is 68.9 Å². The summed E-state index contributed by atoms with van der Waals surface area (Å²) in [6, 6.07) is 31.5. The molecular weight excluding hydrogens is 645 g/mol. The third-order valence-corrected chi connectivity index (χ3v) is 10.8. The lowest BCUT2D eigenvalue weighted by Gasteiger charge is -2.17. The normalized spacial score (nSPS) is 13.1. The summed E-state index contributed by atoms with van der Waals surface area (Å²) in [5.41, 5.74) is 3.51. The zero-order chi connectivity index (χ0) is 32.6. The van der Waals surface area contributed by atoms with Crippen molar-refractivity contribution in [2.24, 2.45) is 0 Å². The third-order valence-electron chi connectivity index (χ3n) is 7.56. The molecule has 0 saturated heterocycles. The van der Waals surface area contributed by atoms with Crippen molar-refractivity contribution < 1.29 is 14.4 Å². The van der Waals surface area contributed by atoms with Crippen LogP contribution in [-0.4, -0.2) is 17.7 Å². The van der Waals surface area contributed by atoms with E-state index in [0.717, 1.165) is 46.6 Å². The lowest BCUT2D eigenvalue weighted by Crippen LogP contribution is -2.30. The standard InChI is InChI=1S/C37H30N4O3S3/c38-23-30-29-18-7-8-19-32(29)47-37(30)41-36(44)33(24-11-3-1-4-12-24)46-28-16-9-15-26(21-28)39-35(43)31(22-27-17-10-20-45-27)40-34(42)25-13-5-2-6-14-25/h1-6,9-17,20-22,33H,7-8,18-19H2,(H,39,43)(H,40,42)(H,41,44)/b31-22-. The Morgan fingerprint density at radius 1 is 0.872 bits per heavy atom. The molecule has 1 atom stereocenters. The van der Waals surface area contributed by atoms with E-state index in [9.17, 15) is 19.6 Å². The Hall–Kier alpha value is -4.95. The molecule has 0 bridgehead atoms. The maximum Gasteiger partial charge on any atom is 0.272 e. The van der Waals surface area contributed by atoms with E-state index in [2.05, 4.69) is 22.0 Å². The topological polar surface area (TPSA) is 111 Å². The Morgan fingerprint density at radius 2 is 1.64 bits per heavy atom. The van der Waals surface area contributed by atoms with Gasteiger partial charge in [-0.15, -0.1) is 34.4 Å². The molecule has 3 amide bonds. The summed E-state index contributed by atoms with van der Waals surface area (Å²) >= 11 is 4.31. The van der Waals surface area contributed by atoms with Crippen molar-refractivity contribution in [2.75, 3.05) is 10.6 Å². The van der Waals surface area contributed by atoms with Crippen LogP contribution in [0.25, 0.3) is 6.08 Å². The summed E-state index contributed by atoms with van der Waals surface area (Å²) in [6.07, 6.45) is 5.57. The number of hydrogen-bond acceptors (Lipinski definition) is 7. The number of fused-ring (bicyclic) bond motifs is 1. The molecule has 0 saturated carbocycles. The molecule has 6 rings (SSSR count). The van der Waals surface area contributed by atoms with E-state index in [0.29, 0.717) is 21.8 Å². The van der Waals surface area contributed by atoms with Crippen molar-refractivity contribution in [3.8, 4) is 6.07 Å². The van der Waals surface area contributed by atoms with Crippen LogP contribution in [0.5, 0.6) is 0 Å². The number of nitriles is 1. The minimum atomic E-state index is -0.618. The zero-order valence-electron chi connectivity index (χ0n) is 25.2. The highest BCUT2D eigenvalue weighted by Crippen LogP contribution is 2.41. The Labute approximate surface area is 285 Å². The molecule has 2 aromatic heterocycles. The third kappa shape index (κ3) is 7.89. The lowest BCUT2D eigenvalue weighted by atomic mass is 9.96. The van der Waals surface area contributed by atoms with Gasteiger partial charge < -0.3 is 16.0 Å². The molecule has 47 heavy (non-hydrogen) atoms. The number of anilines is 2. The Balaban J connectivity index is 1.22. The van der Waals surface area contributed by atoms with Crippen LogP contribution in [0.3, 0.4) is 0 Å². The van der Waals surface area contributed by atoms with Gasteiger partial charge >= 0.3 is 0 Å². The first-order chi connectivity index (χ1) is 23.0. The van der Waals surface area contributed by atoms with Crippen LogP contribution in [0.2, 0.25) is 0 Å². The van der Waals surface area contributed by atoms with Gasteiger partial charge in [0.15, 0.2) is 0 Å². The van der Waals surface area contributed by atoms with E-state index >= 15 is 0 Å². The van der Waals surface area contributed by atoms with Crippen molar-refractivity contribution in [2.45, 2.75) is 35.8 Å². The molecule has 7 nitrogen and oxygen atoms in total. The van der Waals surface area contributed by atoms with E-state index in [-0.39, 0.29) is 11.6 Å². The van der Waals surface area contributed by atoms with Crippen LogP contribution in [0.4, 0.5) is 10.7 Å². The summed E-state index contributed by atoms with van der Waals surface area (Å²) in [4.78, 5) is 43.1. The van der Waals surface area contributed by atoms with Crippen LogP contribution in [0, 0.1) is 11.3 Å². The number of rotatable bonds is 10. The van der Waals surface area contributed by atoms with Crippen LogP contribution < -0.4 is 16.0 Å². The maximum absolute atomic E-state index is 13.9. The van der Waals surface area contributed by atoms with Crippen LogP contribution in [-0.2, 0) is 22.4 Å². The van der Waals surface area contributed by atoms with Crippen molar-refractivity contribution in [3.05, 3.63) is 140 Å². The highest BCUT2D eigenvalue weighted by Gasteiger charge is 2.27. The number of thioether (sulfide) groups is 1. The zero-order valence-corrected chi connectivity index (χ0v) is 27.6. The molecule has 0 fully saturated rings. The number of benzene rings is 3. The monoisotopic (exact) mass is 674 g/mol. The molecule has 1 unspecified atom stereocenters. The molecule has 234 valence electrons. The number of nitrogens with one attached hydrogen (secondary N) is 3. The highest BCUT2D eigenvalue weighted by atomic mass is 32.2. The molecule has 5 aromatic rings. The molecule has 2 heterocycles. The van der Waals surface area contributed by atoms with E-state index in [1.807, 2.05) is 66.0 Å². The fraction of sp³-hybridized carbons (Fsp3) is 0.135. The second kappa shape index (κ2) is 15.1. The fourth-order valence-corrected chi connectivity index (χ4v) is 8.27. The van der Waals surface area contributed by atoms with Crippen LogP contribution >= 0.6 is 34.4 Å². The summed E-state index contributed by atoms with van der Waals surface area (Å²) < 4.78 is 0. The van der Waals surface area contributed by atoms with Gasteiger partial charge in [-0.1, -0.05) is 60.7 Å². The van der Waals surface area contributed by atoms with E-state index in [1.54, 1.807) is 42.5 Å². The molecular formula is C37H30N4O3S3. The SMILES string of the molecule is N#Cc1c(NC(=O)C(Sc2cccc(NC(=O)/C(=C/c3cccs3)NC(=O)c3ccccc3)c2)c2ccccc2)sc2c1CCCC2. The number of thiophene rings is 2. The quantitative estimate of drug-likeness (QED) is 0.102. The van der Waals surface area contributed by atoms with Gasteiger partial charge in [0.05, 0.1) is 5.56 Å².